The van der Waals surface area contributed by atoms with Gasteiger partial charge in [-0.25, -0.2) is 0 Å². The lowest BCUT2D eigenvalue weighted by Gasteiger charge is -2.23. The van der Waals surface area contributed by atoms with Gasteiger partial charge in [-0.05, 0) is 65.7 Å². The van der Waals surface area contributed by atoms with Crippen LogP contribution in [0.5, 0.6) is 0 Å². The van der Waals surface area contributed by atoms with E-state index < -0.39 is 0 Å². The van der Waals surface area contributed by atoms with Crippen molar-refractivity contribution in [3.8, 4) is 0 Å². The van der Waals surface area contributed by atoms with E-state index in [-0.39, 0.29) is 21.2 Å². The molecule has 2 N–H and O–H groups in total. The van der Waals surface area contributed by atoms with Crippen LogP contribution >= 0.6 is 0 Å². The number of aryl methyl sites for hydroxylation is 1. The number of piperidine rings is 2. The SMILES string of the molecule is Cc1c([N+](=O)[O-])cnn1C1CCNCC1.Cc1nn(C2CCNCC2)cc1[N+](=O)[O-]. The number of nitro groups is 2. The Hall–Kier alpha value is -2.86. The predicted molar refractivity (Wildman–Crippen MR) is 110 cm³/mol. The Morgan fingerprint density at radius 1 is 0.933 bits per heavy atom. The van der Waals surface area contributed by atoms with Crippen LogP contribution in [0, 0.1) is 34.1 Å². The van der Waals surface area contributed by atoms with Crippen LogP contribution in [0.3, 0.4) is 0 Å². The van der Waals surface area contributed by atoms with Gasteiger partial charge >= 0.3 is 11.4 Å². The molecule has 2 fully saturated rings. The molecule has 2 aromatic rings. The summed E-state index contributed by atoms with van der Waals surface area (Å²) in [6.45, 7) is 7.26. The maximum absolute atomic E-state index is 10.7. The summed E-state index contributed by atoms with van der Waals surface area (Å²) in [7, 11) is 0. The van der Waals surface area contributed by atoms with Crippen molar-refractivity contribution in [2.45, 2.75) is 51.6 Å². The van der Waals surface area contributed by atoms with E-state index in [0.717, 1.165) is 51.9 Å². The van der Waals surface area contributed by atoms with Crippen LogP contribution in [-0.2, 0) is 0 Å². The Bertz CT molecular complexity index is 869. The molecule has 12 nitrogen and oxygen atoms in total. The highest BCUT2D eigenvalue weighted by Crippen LogP contribution is 2.25. The lowest BCUT2D eigenvalue weighted by atomic mass is 10.1. The van der Waals surface area contributed by atoms with E-state index in [1.807, 2.05) is 0 Å². The molecule has 0 unspecified atom stereocenters. The summed E-state index contributed by atoms with van der Waals surface area (Å²) in [4.78, 5) is 20.6. The van der Waals surface area contributed by atoms with Crippen LogP contribution in [-0.4, -0.2) is 55.6 Å². The van der Waals surface area contributed by atoms with Gasteiger partial charge in [-0.15, -0.1) is 0 Å². The molecule has 30 heavy (non-hydrogen) atoms. The van der Waals surface area contributed by atoms with Crippen molar-refractivity contribution < 1.29 is 9.85 Å². The monoisotopic (exact) mass is 420 g/mol. The normalized spacial score (nSPS) is 17.9. The zero-order valence-corrected chi connectivity index (χ0v) is 17.3. The molecule has 0 aliphatic carbocycles. The van der Waals surface area contributed by atoms with Gasteiger partial charge in [0, 0.05) is 0 Å². The summed E-state index contributed by atoms with van der Waals surface area (Å²) >= 11 is 0. The van der Waals surface area contributed by atoms with Crippen molar-refractivity contribution in [1.29, 1.82) is 0 Å². The first-order valence-corrected chi connectivity index (χ1v) is 10.2. The maximum Gasteiger partial charge on any atom is 0.309 e. The van der Waals surface area contributed by atoms with E-state index in [1.165, 1.54) is 6.20 Å². The first-order chi connectivity index (χ1) is 14.4. The number of nitrogens with zero attached hydrogens (tertiary/aromatic N) is 6. The van der Waals surface area contributed by atoms with Gasteiger partial charge in [0.2, 0.25) is 0 Å². The molecule has 164 valence electrons. The molecule has 0 saturated carbocycles. The van der Waals surface area contributed by atoms with E-state index in [9.17, 15) is 20.2 Å². The second kappa shape index (κ2) is 9.76. The Morgan fingerprint density at radius 3 is 1.93 bits per heavy atom. The van der Waals surface area contributed by atoms with Gasteiger partial charge in [0.05, 0.1) is 21.9 Å². The van der Waals surface area contributed by atoms with Crippen molar-refractivity contribution >= 4 is 11.4 Å². The van der Waals surface area contributed by atoms with E-state index in [2.05, 4.69) is 20.8 Å². The number of hydrogen-bond donors (Lipinski definition) is 2. The van der Waals surface area contributed by atoms with Crippen LogP contribution in [0.15, 0.2) is 12.4 Å². The third-order valence-electron chi connectivity index (χ3n) is 5.64. The topological polar surface area (TPSA) is 146 Å². The second-order valence-corrected chi connectivity index (χ2v) is 7.62. The molecule has 0 bridgehead atoms. The quantitative estimate of drug-likeness (QED) is 0.564. The van der Waals surface area contributed by atoms with Gasteiger partial charge in [-0.2, -0.15) is 10.2 Å². The van der Waals surface area contributed by atoms with E-state index in [1.54, 1.807) is 29.4 Å². The predicted octanol–water partition coefficient (Wildman–Crippen LogP) is 2.05. The third-order valence-corrected chi connectivity index (χ3v) is 5.64. The number of nitrogens with one attached hydrogen (secondary N) is 2. The van der Waals surface area contributed by atoms with Crippen LogP contribution in [0.1, 0.15) is 49.2 Å². The minimum absolute atomic E-state index is 0.119. The fraction of sp³-hybridized carbons (Fsp3) is 0.667. The van der Waals surface area contributed by atoms with E-state index in [4.69, 9.17) is 0 Å². The van der Waals surface area contributed by atoms with Crippen molar-refractivity contribution in [3.63, 3.8) is 0 Å². The largest absolute Gasteiger partial charge is 0.317 e. The van der Waals surface area contributed by atoms with Crippen molar-refractivity contribution in [3.05, 3.63) is 44.0 Å². The summed E-state index contributed by atoms with van der Waals surface area (Å²) in [6.07, 6.45) is 6.83. The van der Waals surface area contributed by atoms with Gasteiger partial charge in [0.1, 0.15) is 23.8 Å². The van der Waals surface area contributed by atoms with E-state index in [0.29, 0.717) is 23.5 Å². The van der Waals surface area contributed by atoms with Crippen molar-refractivity contribution in [2.75, 3.05) is 26.2 Å². The van der Waals surface area contributed by atoms with Gasteiger partial charge < -0.3 is 10.6 Å². The minimum atomic E-state index is -0.375. The zero-order valence-electron chi connectivity index (χ0n) is 17.3. The molecular formula is C18H28N8O4. The minimum Gasteiger partial charge on any atom is -0.317 e. The lowest BCUT2D eigenvalue weighted by Crippen LogP contribution is -2.30. The smallest absolute Gasteiger partial charge is 0.309 e. The summed E-state index contributed by atoms with van der Waals surface area (Å²) in [5.74, 6) is 0. The second-order valence-electron chi connectivity index (χ2n) is 7.62. The van der Waals surface area contributed by atoms with Crippen LogP contribution < -0.4 is 10.6 Å². The van der Waals surface area contributed by atoms with E-state index >= 15 is 0 Å². The van der Waals surface area contributed by atoms with Crippen molar-refractivity contribution in [1.82, 2.24) is 30.2 Å². The standard InChI is InChI=1S/2C9H14N4O2/c1-7-9(13(14)15)6-12(11-7)8-2-4-10-5-3-8;1-7-9(13(14)15)6-11-12(7)8-2-4-10-5-3-8/h2*6,8,10H,2-5H2,1H3. The Balaban J connectivity index is 0.000000171. The van der Waals surface area contributed by atoms with Gasteiger partial charge in [-0.1, -0.05) is 0 Å². The molecule has 0 amide bonds. The lowest BCUT2D eigenvalue weighted by molar-refractivity contribution is -0.385. The highest BCUT2D eigenvalue weighted by Gasteiger charge is 2.23. The summed E-state index contributed by atoms with van der Waals surface area (Å²) in [5.41, 5.74) is 1.40. The summed E-state index contributed by atoms with van der Waals surface area (Å²) < 4.78 is 3.53. The summed E-state index contributed by atoms with van der Waals surface area (Å²) in [5, 5.41) is 36.1. The zero-order chi connectivity index (χ0) is 21.7. The summed E-state index contributed by atoms with van der Waals surface area (Å²) in [6, 6.07) is 0.610. The van der Waals surface area contributed by atoms with Gasteiger partial charge in [-0.3, -0.25) is 29.6 Å². The molecule has 4 rings (SSSR count). The molecule has 0 radical (unpaired) electrons. The Labute approximate surface area is 173 Å². The van der Waals surface area contributed by atoms with Gasteiger partial charge in [0.15, 0.2) is 0 Å². The molecule has 0 atom stereocenters. The molecule has 2 saturated heterocycles. The number of aromatic nitrogens is 4. The maximum atomic E-state index is 10.7. The molecule has 2 aliphatic rings. The average Bonchev–Trinajstić information content (AvgIpc) is 3.33. The van der Waals surface area contributed by atoms with Crippen LogP contribution in [0.2, 0.25) is 0 Å². The van der Waals surface area contributed by atoms with Gasteiger partial charge in [0.25, 0.3) is 0 Å². The first-order valence-electron chi connectivity index (χ1n) is 10.2. The first kappa shape index (κ1) is 21.8. The molecule has 2 aliphatic heterocycles. The number of rotatable bonds is 4. The third kappa shape index (κ3) is 5.00. The van der Waals surface area contributed by atoms with Crippen molar-refractivity contribution in [2.24, 2.45) is 0 Å². The Morgan fingerprint density at radius 2 is 1.47 bits per heavy atom. The number of hydrogen-bond acceptors (Lipinski definition) is 8. The molecule has 0 aromatic carbocycles. The highest BCUT2D eigenvalue weighted by atomic mass is 16.6. The highest BCUT2D eigenvalue weighted by molar-refractivity contribution is 5.32. The molecule has 12 heteroatoms. The molecule has 0 spiro atoms. The molecule has 4 heterocycles. The Kier molecular flexibility index (Phi) is 7.11. The average molecular weight is 420 g/mol. The molecular weight excluding hydrogens is 392 g/mol. The fourth-order valence-electron chi connectivity index (χ4n) is 3.92. The fourth-order valence-corrected chi connectivity index (χ4v) is 3.92. The van der Waals surface area contributed by atoms with Crippen LogP contribution in [0.4, 0.5) is 11.4 Å². The van der Waals surface area contributed by atoms with Crippen LogP contribution in [0.25, 0.3) is 0 Å². The molecule has 2 aromatic heterocycles.